The van der Waals surface area contributed by atoms with Gasteiger partial charge in [-0.3, -0.25) is 23.7 Å². The van der Waals surface area contributed by atoms with Gasteiger partial charge in [-0.2, -0.15) is 0 Å². The fourth-order valence-electron chi connectivity index (χ4n) is 5.08. The summed E-state index contributed by atoms with van der Waals surface area (Å²) in [6.45, 7) is 2.54. The Labute approximate surface area is 205 Å². The lowest BCUT2D eigenvalue weighted by Gasteiger charge is -2.19. The molecule has 4 aromatic rings. The molecule has 8 heteroatoms. The van der Waals surface area contributed by atoms with Crippen LogP contribution in [0.15, 0.2) is 52.1 Å². The van der Waals surface area contributed by atoms with Crippen LogP contribution in [-0.2, 0) is 16.1 Å². The number of aromatic nitrogens is 2. The maximum atomic E-state index is 13.4. The van der Waals surface area contributed by atoms with E-state index in [4.69, 9.17) is 0 Å². The Morgan fingerprint density at radius 1 is 0.667 bits per heavy atom. The van der Waals surface area contributed by atoms with Crippen molar-refractivity contribution in [2.75, 3.05) is 0 Å². The molecular weight excluding hydrogens is 460 g/mol. The number of rotatable bonds is 8. The molecule has 0 atom stereocenters. The second-order valence-electron chi connectivity index (χ2n) is 9.21. The van der Waals surface area contributed by atoms with Crippen LogP contribution in [0.4, 0.5) is 0 Å². The van der Waals surface area contributed by atoms with Gasteiger partial charge in [-0.1, -0.05) is 39.0 Å². The number of benzene rings is 2. The van der Waals surface area contributed by atoms with Gasteiger partial charge in [0.1, 0.15) is 0 Å². The van der Waals surface area contributed by atoms with Crippen LogP contribution >= 0.6 is 0 Å². The second-order valence-corrected chi connectivity index (χ2v) is 9.21. The monoisotopic (exact) mass is 486 g/mol. The second kappa shape index (κ2) is 9.11. The van der Waals surface area contributed by atoms with Crippen molar-refractivity contribution >= 4 is 49.6 Å². The molecule has 2 aromatic heterocycles. The molecule has 0 aliphatic heterocycles. The maximum Gasteiger partial charge on any atom is 0.265 e. The topological polar surface area (TPSA) is 119 Å². The van der Waals surface area contributed by atoms with E-state index in [9.17, 15) is 29.4 Å². The Morgan fingerprint density at radius 2 is 1.25 bits per heavy atom. The van der Waals surface area contributed by atoms with Crippen molar-refractivity contribution in [2.45, 2.75) is 52.0 Å². The molecule has 1 aliphatic carbocycles. The number of hydrogen-bond donors (Lipinski definition) is 2. The first-order chi connectivity index (χ1) is 17.3. The van der Waals surface area contributed by atoms with E-state index >= 15 is 0 Å². The van der Waals surface area contributed by atoms with Crippen molar-refractivity contribution in [2.24, 2.45) is 0 Å². The van der Waals surface area contributed by atoms with Gasteiger partial charge in [-0.25, -0.2) is 4.57 Å². The molecule has 2 heterocycles. The molecule has 0 spiro atoms. The summed E-state index contributed by atoms with van der Waals surface area (Å²) < 4.78 is 2.35. The largest absolute Gasteiger partial charge is 0.494 e. The first kappa shape index (κ1) is 23.5. The number of aromatic hydroxyl groups is 2. The van der Waals surface area contributed by atoms with E-state index in [1.165, 1.54) is 17.1 Å². The number of carbonyl (C=O) groups is 2. The van der Waals surface area contributed by atoms with Gasteiger partial charge in [0.25, 0.3) is 11.1 Å². The highest BCUT2D eigenvalue weighted by atomic mass is 16.3. The van der Waals surface area contributed by atoms with Gasteiger partial charge in [0.2, 0.25) is 23.3 Å². The van der Waals surface area contributed by atoms with Crippen LogP contribution in [0.3, 0.4) is 0 Å². The Morgan fingerprint density at radius 3 is 1.92 bits per heavy atom. The minimum Gasteiger partial charge on any atom is -0.494 e. The van der Waals surface area contributed by atoms with E-state index in [1.54, 1.807) is 24.3 Å². The average Bonchev–Trinajstić information content (AvgIpc) is 2.87. The summed E-state index contributed by atoms with van der Waals surface area (Å²) >= 11 is 0. The van der Waals surface area contributed by atoms with Gasteiger partial charge < -0.3 is 10.2 Å². The Balaban J connectivity index is 1.67. The molecule has 0 radical (unpaired) electrons. The lowest BCUT2D eigenvalue weighted by atomic mass is 9.96. The summed E-state index contributed by atoms with van der Waals surface area (Å²) in [6, 6.07) is 6.28. The molecule has 8 nitrogen and oxygen atoms in total. The molecule has 1 aliphatic rings. The van der Waals surface area contributed by atoms with Gasteiger partial charge in [0.15, 0.2) is 0 Å². The third kappa shape index (κ3) is 3.61. The quantitative estimate of drug-likeness (QED) is 0.167. The molecule has 0 amide bonds. The standard InChI is InChI=1S/C28H26N2O6/c1-2-3-4-5-6-7-14-29-25(33)17-9-11-19-24-20(12-10-18(23(17)24)26(29)34)28(36)30(27(19)35)16-8-13-21(31)22(32)15-16/h8-13,15,33,36H,2-7,14H2,1H3. The number of unbranched alkanes of at least 4 members (excludes halogenated alkanes) is 5. The summed E-state index contributed by atoms with van der Waals surface area (Å²) in [5, 5.41) is 24.1. The Bertz CT molecular complexity index is 1720. The van der Waals surface area contributed by atoms with Crippen molar-refractivity contribution in [3.8, 4) is 11.8 Å². The van der Waals surface area contributed by atoms with Crippen molar-refractivity contribution in [3.05, 3.63) is 63.2 Å². The summed E-state index contributed by atoms with van der Waals surface area (Å²) in [6.07, 6.45) is 9.65. The number of hydrogen-bond acceptors (Lipinski definition) is 6. The van der Waals surface area contributed by atoms with Crippen molar-refractivity contribution in [3.63, 3.8) is 0 Å². The van der Waals surface area contributed by atoms with Crippen LogP contribution in [0.25, 0.3) is 38.0 Å². The maximum absolute atomic E-state index is 13.4. The van der Waals surface area contributed by atoms with Crippen molar-refractivity contribution < 1.29 is 19.8 Å². The first-order valence-corrected chi connectivity index (χ1v) is 12.2. The highest BCUT2D eigenvalue weighted by molar-refractivity contribution is 6.47. The number of allylic oxidation sites excluding steroid dienone is 4. The zero-order valence-corrected chi connectivity index (χ0v) is 19.9. The van der Waals surface area contributed by atoms with Crippen LogP contribution in [0.2, 0.25) is 0 Å². The summed E-state index contributed by atoms with van der Waals surface area (Å²) in [5.41, 5.74) is -0.895. The smallest absolute Gasteiger partial charge is 0.265 e. The third-order valence-corrected chi connectivity index (χ3v) is 6.94. The average molecular weight is 487 g/mol. The summed E-state index contributed by atoms with van der Waals surface area (Å²) in [7, 11) is 0. The van der Waals surface area contributed by atoms with Crippen LogP contribution in [-0.4, -0.2) is 30.9 Å². The van der Waals surface area contributed by atoms with E-state index in [2.05, 4.69) is 6.92 Å². The molecule has 0 fully saturated rings. The van der Waals surface area contributed by atoms with Crippen LogP contribution < -0.4 is 11.1 Å². The van der Waals surface area contributed by atoms with Gasteiger partial charge in [-0.15, -0.1) is 0 Å². The molecule has 0 unspecified atom stereocenters. The molecule has 2 N–H and O–H groups in total. The fourth-order valence-corrected chi connectivity index (χ4v) is 5.08. The predicted molar refractivity (Wildman–Crippen MR) is 139 cm³/mol. The van der Waals surface area contributed by atoms with Crippen molar-refractivity contribution in [1.82, 2.24) is 9.13 Å². The first-order valence-electron chi connectivity index (χ1n) is 12.2. The van der Waals surface area contributed by atoms with Gasteiger partial charge in [0.05, 0.1) is 5.70 Å². The van der Waals surface area contributed by atoms with Gasteiger partial charge in [0, 0.05) is 44.9 Å². The summed E-state index contributed by atoms with van der Waals surface area (Å²) in [5.74, 6) is -2.09. The van der Waals surface area contributed by atoms with E-state index in [0.29, 0.717) is 28.1 Å². The molecule has 184 valence electrons. The SMILES string of the molecule is CCCCCCCCn1c(O)c2ccc3c(=O)n(C4=CC(=O)C(=O)C=C4)c(O)c4ccc(c1=O)c2c43. The zero-order chi connectivity index (χ0) is 25.6. The lowest BCUT2D eigenvalue weighted by Crippen LogP contribution is -2.24. The minimum atomic E-state index is -0.792. The Hall–Kier alpha value is -4.20. The molecule has 0 saturated carbocycles. The van der Waals surface area contributed by atoms with E-state index < -0.39 is 23.0 Å². The van der Waals surface area contributed by atoms with E-state index in [1.807, 2.05) is 0 Å². The van der Waals surface area contributed by atoms with E-state index in [-0.39, 0.29) is 27.9 Å². The molecule has 36 heavy (non-hydrogen) atoms. The van der Waals surface area contributed by atoms with Gasteiger partial charge in [-0.05, 0) is 42.8 Å². The molecule has 0 saturated heterocycles. The normalized spacial score (nSPS) is 14.0. The number of pyridine rings is 2. The number of nitrogens with zero attached hydrogens (tertiary/aromatic N) is 2. The van der Waals surface area contributed by atoms with Gasteiger partial charge >= 0.3 is 0 Å². The predicted octanol–water partition coefficient (Wildman–Crippen LogP) is 4.23. The minimum absolute atomic E-state index is 0.0664. The highest BCUT2D eigenvalue weighted by Crippen LogP contribution is 2.39. The summed E-state index contributed by atoms with van der Waals surface area (Å²) in [4.78, 5) is 50.2. The van der Waals surface area contributed by atoms with E-state index in [0.717, 1.165) is 48.8 Å². The van der Waals surface area contributed by atoms with Crippen molar-refractivity contribution in [1.29, 1.82) is 0 Å². The Kier molecular flexibility index (Phi) is 5.96. The fraction of sp³-hybridized carbons (Fsp3) is 0.286. The van der Waals surface area contributed by atoms with Crippen LogP contribution in [0.1, 0.15) is 45.4 Å². The highest BCUT2D eigenvalue weighted by Gasteiger charge is 2.24. The molecule has 0 bridgehead atoms. The lowest BCUT2D eigenvalue weighted by molar-refractivity contribution is -0.131. The number of carbonyl (C=O) groups excluding carboxylic acids is 2. The van der Waals surface area contributed by atoms with Crippen LogP contribution in [0, 0.1) is 0 Å². The molecular formula is C28H26N2O6. The zero-order valence-electron chi connectivity index (χ0n) is 19.9. The number of ketones is 2. The van der Waals surface area contributed by atoms with Crippen LogP contribution in [0.5, 0.6) is 11.8 Å². The molecule has 2 aromatic carbocycles. The molecule has 5 rings (SSSR count). The third-order valence-electron chi connectivity index (χ3n) is 6.94.